The summed E-state index contributed by atoms with van der Waals surface area (Å²) >= 11 is 0. The van der Waals surface area contributed by atoms with Crippen molar-refractivity contribution in [3.05, 3.63) is 11.6 Å². The molecule has 0 aromatic carbocycles. The number of rotatable bonds is 3. The Labute approximate surface area is 101 Å². The number of Topliss-reactive ketones (excluding diaryl/α,β-unsaturated/α-hetero) is 1. The highest BCUT2D eigenvalue weighted by Gasteiger charge is 2.64. The Morgan fingerprint density at radius 1 is 1.47 bits per heavy atom. The van der Waals surface area contributed by atoms with Crippen molar-refractivity contribution < 1.29 is 19.4 Å². The molecule has 0 bridgehead atoms. The molecule has 0 heterocycles. The Morgan fingerprint density at radius 2 is 2.18 bits per heavy atom. The molecule has 17 heavy (non-hydrogen) atoms. The molecule has 0 amide bonds. The predicted molar refractivity (Wildman–Crippen MR) is 61.2 cm³/mol. The van der Waals surface area contributed by atoms with Crippen LogP contribution in [0.3, 0.4) is 0 Å². The van der Waals surface area contributed by atoms with Crippen LogP contribution in [-0.4, -0.2) is 29.1 Å². The molecule has 1 fully saturated rings. The number of fused-ring (bicyclic) bond motifs is 1. The summed E-state index contributed by atoms with van der Waals surface area (Å²) in [6.07, 6.45) is 3.93. The third kappa shape index (κ3) is 1.47. The van der Waals surface area contributed by atoms with Crippen LogP contribution in [0.2, 0.25) is 0 Å². The molecular formula is C13H18O4. The number of carbonyl (C=O) groups is 2. The number of carbonyl (C=O) groups excluding carboxylic acids is 2. The van der Waals surface area contributed by atoms with Gasteiger partial charge in [-0.25, -0.2) is 0 Å². The number of esters is 1. The van der Waals surface area contributed by atoms with E-state index in [4.69, 9.17) is 4.74 Å². The summed E-state index contributed by atoms with van der Waals surface area (Å²) in [5, 5.41) is 10.7. The molecule has 0 radical (unpaired) electrons. The van der Waals surface area contributed by atoms with Gasteiger partial charge in [0.05, 0.1) is 6.61 Å². The summed E-state index contributed by atoms with van der Waals surface area (Å²) < 4.78 is 5.08. The lowest BCUT2D eigenvalue weighted by atomic mass is 9.73. The summed E-state index contributed by atoms with van der Waals surface area (Å²) in [5.41, 5.74) is -1.82. The monoisotopic (exact) mass is 238 g/mol. The first kappa shape index (κ1) is 12.3. The standard InChI is InChI=1S/C13H18O4/c1-3-17-11(15)12-6-4-7-13(12,16)10(5-8-12)9(2)14/h5,16H,3-4,6-8H2,1-2H3/t12-,13-/m0/s1. The number of ether oxygens (including phenoxy) is 1. The Kier molecular flexibility index (Phi) is 2.86. The highest BCUT2D eigenvalue weighted by molar-refractivity contribution is 5.99. The van der Waals surface area contributed by atoms with Crippen LogP contribution in [0, 0.1) is 5.41 Å². The van der Waals surface area contributed by atoms with E-state index < -0.39 is 11.0 Å². The lowest BCUT2D eigenvalue weighted by molar-refractivity contribution is -0.165. The average molecular weight is 238 g/mol. The summed E-state index contributed by atoms with van der Waals surface area (Å²) in [4.78, 5) is 23.6. The molecule has 4 heteroatoms. The Balaban J connectivity index is 2.38. The van der Waals surface area contributed by atoms with Gasteiger partial charge in [0, 0.05) is 5.57 Å². The van der Waals surface area contributed by atoms with Gasteiger partial charge in [0.1, 0.15) is 11.0 Å². The molecule has 0 aliphatic heterocycles. The second kappa shape index (κ2) is 3.95. The van der Waals surface area contributed by atoms with Crippen molar-refractivity contribution >= 4 is 11.8 Å². The summed E-state index contributed by atoms with van der Waals surface area (Å²) in [6, 6.07) is 0. The first-order chi connectivity index (χ1) is 7.98. The van der Waals surface area contributed by atoms with Gasteiger partial charge in [-0.05, 0) is 39.5 Å². The summed E-state index contributed by atoms with van der Waals surface area (Å²) in [6.45, 7) is 3.48. The number of hydrogen-bond acceptors (Lipinski definition) is 4. The lowest BCUT2D eigenvalue weighted by Gasteiger charge is -2.35. The predicted octanol–water partition coefficient (Wildman–Crippen LogP) is 1.37. The maximum Gasteiger partial charge on any atom is 0.315 e. The molecule has 0 aromatic heterocycles. The van der Waals surface area contributed by atoms with E-state index in [1.165, 1.54) is 6.92 Å². The Morgan fingerprint density at radius 3 is 2.76 bits per heavy atom. The molecule has 1 N–H and O–H groups in total. The molecule has 0 aromatic rings. The summed E-state index contributed by atoms with van der Waals surface area (Å²) in [5.74, 6) is -0.520. The first-order valence-corrected chi connectivity index (χ1v) is 6.09. The zero-order valence-corrected chi connectivity index (χ0v) is 10.3. The normalized spacial score (nSPS) is 35.4. The molecule has 2 aliphatic rings. The van der Waals surface area contributed by atoms with Crippen LogP contribution in [0.15, 0.2) is 11.6 Å². The highest BCUT2D eigenvalue weighted by atomic mass is 16.5. The third-order valence-electron chi connectivity index (χ3n) is 4.08. The van der Waals surface area contributed by atoms with Gasteiger partial charge in [-0.2, -0.15) is 0 Å². The zero-order valence-electron chi connectivity index (χ0n) is 10.3. The number of hydrogen-bond donors (Lipinski definition) is 1. The van der Waals surface area contributed by atoms with E-state index in [1.807, 2.05) is 0 Å². The van der Waals surface area contributed by atoms with Crippen LogP contribution < -0.4 is 0 Å². The SMILES string of the molecule is CCOC(=O)[C@]12CC=C(C(C)=O)[C@@]1(O)CCC2. The van der Waals surface area contributed by atoms with E-state index in [-0.39, 0.29) is 11.8 Å². The van der Waals surface area contributed by atoms with Gasteiger partial charge < -0.3 is 9.84 Å². The molecule has 0 saturated heterocycles. The maximum atomic E-state index is 12.1. The molecular weight excluding hydrogens is 220 g/mol. The minimum Gasteiger partial charge on any atom is -0.465 e. The molecule has 94 valence electrons. The maximum absolute atomic E-state index is 12.1. The van der Waals surface area contributed by atoms with Crippen molar-refractivity contribution in [2.45, 2.75) is 45.1 Å². The second-order valence-electron chi connectivity index (χ2n) is 4.89. The Hall–Kier alpha value is -1.16. The molecule has 2 rings (SSSR count). The van der Waals surface area contributed by atoms with Gasteiger partial charge in [-0.3, -0.25) is 9.59 Å². The molecule has 0 unspecified atom stereocenters. The van der Waals surface area contributed by atoms with Crippen LogP contribution in [0.25, 0.3) is 0 Å². The number of ketones is 1. The third-order valence-corrected chi connectivity index (χ3v) is 4.08. The smallest absolute Gasteiger partial charge is 0.315 e. The van der Waals surface area contributed by atoms with Crippen LogP contribution in [0.5, 0.6) is 0 Å². The van der Waals surface area contributed by atoms with E-state index in [9.17, 15) is 14.7 Å². The van der Waals surface area contributed by atoms with E-state index in [0.29, 0.717) is 31.4 Å². The molecule has 1 saturated carbocycles. The van der Waals surface area contributed by atoms with Gasteiger partial charge in [-0.15, -0.1) is 0 Å². The topological polar surface area (TPSA) is 63.6 Å². The van der Waals surface area contributed by atoms with E-state index in [2.05, 4.69) is 0 Å². The van der Waals surface area contributed by atoms with Gasteiger partial charge in [-0.1, -0.05) is 6.08 Å². The minimum atomic E-state index is -1.30. The van der Waals surface area contributed by atoms with Crippen molar-refractivity contribution in [2.75, 3.05) is 6.61 Å². The van der Waals surface area contributed by atoms with Crippen molar-refractivity contribution in [3.63, 3.8) is 0 Å². The number of allylic oxidation sites excluding steroid dienone is 1. The van der Waals surface area contributed by atoms with Gasteiger partial charge in [0.15, 0.2) is 5.78 Å². The van der Waals surface area contributed by atoms with Crippen molar-refractivity contribution in [1.29, 1.82) is 0 Å². The molecule has 4 nitrogen and oxygen atoms in total. The fraction of sp³-hybridized carbons (Fsp3) is 0.692. The van der Waals surface area contributed by atoms with Crippen molar-refractivity contribution in [1.82, 2.24) is 0 Å². The van der Waals surface area contributed by atoms with E-state index in [1.54, 1.807) is 13.0 Å². The molecule has 2 atom stereocenters. The van der Waals surface area contributed by atoms with Crippen LogP contribution >= 0.6 is 0 Å². The average Bonchev–Trinajstić information content (AvgIpc) is 2.70. The quantitative estimate of drug-likeness (QED) is 0.754. The second-order valence-corrected chi connectivity index (χ2v) is 4.89. The Bertz CT molecular complexity index is 398. The van der Waals surface area contributed by atoms with Gasteiger partial charge >= 0.3 is 5.97 Å². The van der Waals surface area contributed by atoms with Gasteiger partial charge in [0.2, 0.25) is 0 Å². The van der Waals surface area contributed by atoms with Crippen LogP contribution in [0.4, 0.5) is 0 Å². The molecule has 0 spiro atoms. The van der Waals surface area contributed by atoms with Crippen LogP contribution in [0.1, 0.15) is 39.5 Å². The largest absolute Gasteiger partial charge is 0.465 e. The summed E-state index contributed by atoms with van der Waals surface area (Å²) in [7, 11) is 0. The fourth-order valence-electron chi connectivity index (χ4n) is 3.26. The fourth-order valence-corrected chi connectivity index (χ4v) is 3.26. The van der Waals surface area contributed by atoms with Crippen molar-refractivity contribution in [2.24, 2.45) is 5.41 Å². The zero-order chi connectivity index (χ0) is 12.7. The van der Waals surface area contributed by atoms with Crippen molar-refractivity contribution in [3.8, 4) is 0 Å². The molecule has 2 aliphatic carbocycles. The van der Waals surface area contributed by atoms with Gasteiger partial charge in [0.25, 0.3) is 0 Å². The highest BCUT2D eigenvalue weighted by Crippen LogP contribution is 2.57. The van der Waals surface area contributed by atoms with E-state index >= 15 is 0 Å². The minimum absolute atomic E-state index is 0.152. The lowest BCUT2D eigenvalue weighted by Crippen LogP contribution is -2.49. The number of aliphatic hydroxyl groups is 1. The first-order valence-electron chi connectivity index (χ1n) is 6.09. The van der Waals surface area contributed by atoms with E-state index in [0.717, 1.165) is 6.42 Å². The van der Waals surface area contributed by atoms with Crippen LogP contribution in [-0.2, 0) is 14.3 Å².